The predicted octanol–water partition coefficient (Wildman–Crippen LogP) is 5.22. The number of rotatable bonds is 5. The van der Waals surface area contributed by atoms with Gasteiger partial charge in [-0.1, -0.05) is 36.4 Å². The van der Waals surface area contributed by atoms with E-state index in [2.05, 4.69) is 27.9 Å². The quantitative estimate of drug-likeness (QED) is 0.451. The molecule has 9 heteroatoms. The van der Waals surface area contributed by atoms with E-state index in [1.165, 1.54) is 6.08 Å². The number of anilines is 1. The highest BCUT2D eigenvalue weighted by molar-refractivity contribution is 6.33. The fourth-order valence-corrected chi connectivity index (χ4v) is 6.15. The number of benzene rings is 1. The van der Waals surface area contributed by atoms with Gasteiger partial charge < -0.3 is 19.9 Å². The van der Waals surface area contributed by atoms with Crippen LogP contribution in [0.15, 0.2) is 54.3 Å². The summed E-state index contributed by atoms with van der Waals surface area (Å²) in [5.74, 6) is 1.73. The third kappa shape index (κ3) is 4.70. The van der Waals surface area contributed by atoms with Crippen molar-refractivity contribution in [3.05, 3.63) is 54.3 Å². The van der Waals surface area contributed by atoms with Crippen molar-refractivity contribution in [2.24, 2.45) is 10.9 Å². The molecule has 1 amide bonds. The molecule has 37 heavy (non-hydrogen) atoms. The van der Waals surface area contributed by atoms with Crippen molar-refractivity contribution < 1.29 is 9.53 Å². The first-order chi connectivity index (χ1) is 18.0. The molecule has 1 saturated heterocycles. The predicted molar refractivity (Wildman–Crippen MR) is 146 cm³/mol. The van der Waals surface area contributed by atoms with Gasteiger partial charge in [0.2, 0.25) is 11.9 Å². The molecule has 2 aliphatic heterocycles. The lowest BCUT2D eigenvalue weighted by Crippen LogP contribution is -2.45. The van der Waals surface area contributed by atoms with Crippen molar-refractivity contribution in [1.82, 2.24) is 19.9 Å². The number of likely N-dealkylation sites (tertiary alicyclic amines) is 1. The number of H-pyrrole nitrogens is 1. The Morgan fingerprint density at radius 2 is 2.11 bits per heavy atom. The number of amides is 1. The average Bonchev–Trinajstić information content (AvgIpc) is 3.54. The molecule has 3 aliphatic rings. The summed E-state index contributed by atoms with van der Waals surface area (Å²) in [4.78, 5) is 31.2. The zero-order chi connectivity index (χ0) is 25.4. The second kappa shape index (κ2) is 9.82. The molecule has 192 valence electrons. The van der Waals surface area contributed by atoms with E-state index in [9.17, 15) is 4.79 Å². The van der Waals surface area contributed by atoms with Gasteiger partial charge in [0, 0.05) is 54.1 Å². The van der Waals surface area contributed by atoms with E-state index in [1.54, 1.807) is 6.20 Å². The maximum atomic E-state index is 11.9. The van der Waals surface area contributed by atoms with Crippen LogP contribution >= 0.6 is 11.6 Å². The summed E-state index contributed by atoms with van der Waals surface area (Å²) >= 11 is 6.53. The monoisotopic (exact) mass is 518 g/mol. The molecule has 2 N–H and O–H groups in total. The summed E-state index contributed by atoms with van der Waals surface area (Å²) in [6, 6.07) is 8.30. The van der Waals surface area contributed by atoms with Gasteiger partial charge in [-0.15, -0.1) is 0 Å². The van der Waals surface area contributed by atoms with E-state index in [-0.39, 0.29) is 23.5 Å². The summed E-state index contributed by atoms with van der Waals surface area (Å²) in [6.07, 6.45) is 10.7. The molecule has 1 saturated carbocycles. The minimum atomic E-state index is -0.272. The van der Waals surface area contributed by atoms with Gasteiger partial charge >= 0.3 is 0 Å². The standard InChI is InChI=1S/C28H31ClN6O2/c1-2-24(36)35-12-9-18(10-13-35)26-32-17-28(37-26)11-5-6-19(14-28)33-27-31-16-22(29)25(34-27)21-15-30-23-8-4-3-7-20(21)23/h2-4,7-8,15-16,18-19,30H,1,5-6,9-14,17H2,(H,31,33,34)/t19-,28-/m1/s1. The van der Waals surface area contributed by atoms with Gasteiger partial charge in [-0.25, -0.2) is 9.97 Å². The van der Waals surface area contributed by atoms with Crippen LogP contribution in [0, 0.1) is 5.92 Å². The number of aliphatic imine (C=N–C) groups is 1. The van der Waals surface area contributed by atoms with Crippen LogP contribution in [-0.4, -0.2) is 62.9 Å². The number of piperidine rings is 1. The fourth-order valence-electron chi connectivity index (χ4n) is 5.96. The minimum Gasteiger partial charge on any atom is -0.472 e. The molecule has 3 aromatic rings. The second-order valence-electron chi connectivity index (χ2n) is 10.3. The van der Waals surface area contributed by atoms with Crippen molar-refractivity contribution in [3.63, 3.8) is 0 Å². The van der Waals surface area contributed by atoms with Crippen molar-refractivity contribution in [2.75, 3.05) is 25.0 Å². The number of carbonyl (C=O) groups is 1. The van der Waals surface area contributed by atoms with Crippen LogP contribution in [0.2, 0.25) is 5.02 Å². The number of halogens is 1. The molecule has 6 rings (SSSR count). The Morgan fingerprint density at radius 1 is 1.27 bits per heavy atom. The van der Waals surface area contributed by atoms with Gasteiger partial charge in [0.1, 0.15) is 5.60 Å². The Kier molecular flexibility index (Phi) is 6.36. The van der Waals surface area contributed by atoms with Gasteiger partial charge in [-0.3, -0.25) is 9.79 Å². The van der Waals surface area contributed by atoms with Gasteiger partial charge in [0.05, 0.1) is 23.5 Å². The zero-order valence-electron chi connectivity index (χ0n) is 20.8. The first-order valence-corrected chi connectivity index (χ1v) is 13.4. The molecule has 1 spiro atoms. The van der Waals surface area contributed by atoms with Crippen LogP contribution in [0.5, 0.6) is 0 Å². The summed E-state index contributed by atoms with van der Waals surface area (Å²) in [6.45, 7) is 5.73. The van der Waals surface area contributed by atoms with Crippen molar-refractivity contribution in [1.29, 1.82) is 0 Å². The van der Waals surface area contributed by atoms with E-state index in [0.717, 1.165) is 74.0 Å². The lowest BCUT2D eigenvalue weighted by atomic mass is 9.82. The maximum Gasteiger partial charge on any atom is 0.245 e. The second-order valence-corrected chi connectivity index (χ2v) is 10.7. The van der Waals surface area contributed by atoms with Gasteiger partial charge in [-0.2, -0.15) is 0 Å². The van der Waals surface area contributed by atoms with E-state index in [0.29, 0.717) is 23.2 Å². The van der Waals surface area contributed by atoms with Crippen LogP contribution in [0.4, 0.5) is 5.95 Å². The maximum absolute atomic E-state index is 11.9. The number of ether oxygens (including phenoxy) is 1. The first-order valence-electron chi connectivity index (χ1n) is 13.0. The number of hydrogen-bond donors (Lipinski definition) is 2. The third-order valence-corrected chi connectivity index (χ3v) is 8.18. The van der Waals surface area contributed by atoms with Crippen molar-refractivity contribution >= 4 is 40.3 Å². The molecule has 2 atom stereocenters. The molecule has 0 unspecified atom stereocenters. The number of nitrogens with one attached hydrogen (secondary N) is 2. The number of hydrogen-bond acceptors (Lipinski definition) is 6. The van der Waals surface area contributed by atoms with E-state index >= 15 is 0 Å². The largest absolute Gasteiger partial charge is 0.472 e. The molecule has 0 radical (unpaired) electrons. The molecule has 2 fully saturated rings. The third-order valence-electron chi connectivity index (χ3n) is 7.90. The summed E-state index contributed by atoms with van der Waals surface area (Å²) in [5.41, 5.74) is 2.45. The Labute approximate surface area is 221 Å². The van der Waals surface area contributed by atoms with Crippen LogP contribution in [0.1, 0.15) is 38.5 Å². The zero-order valence-corrected chi connectivity index (χ0v) is 21.5. The number of nitrogens with zero attached hydrogens (tertiary/aromatic N) is 4. The topological polar surface area (TPSA) is 95.5 Å². The van der Waals surface area contributed by atoms with Crippen LogP contribution in [0.3, 0.4) is 0 Å². The SMILES string of the molecule is C=CC(=O)N1CCC(C2=NC[C@]3(CCC[C@@H](Nc4ncc(Cl)c(-c5c[nH]c6ccccc56)n4)C3)O2)CC1. The van der Waals surface area contributed by atoms with E-state index in [1.807, 2.05) is 29.3 Å². The number of aromatic amines is 1. The average molecular weight is 519 g/mol. The Hall–Kier alpha value is -3.39. The molecule has 4 heterocycles. The summed E-state index contributed by atoms with van der Waals surface area (Å²) < 4.78 is 6.59. The molecule has 1 aliphatic carbocycles. The van der Waals surface area contributed by atoms with Crippen LogP contribution in [0.25, 0.3) is 22.2 Å². The van der Waals surface area contributed by atoms with Gasteiger partial charge in [-0.05, 0) is 44.2 Å². The molecular weight excluding hydrogens is 488 g/mol. The molecular formula is C28H31ClN6O2. The summed E-state index contributed by atoms with van der Waals surface area (Å²) in [5, 5.41) is 5.15. The highest BCUT2D eigenvalue weighted by Crippen LogP contribution is 2.39. The fraction of sp³-hybridized carbons (Fsp3) is 0.429. The Balaban J connectivity index is 1.12. The van der Waals surface area contributed by atoms with Crippen LogP contribution in [-0.2, 0) is 9.53 Å². The Morgan fingerprint density at radius 3 is 2.95 bits per heavy atom. The smallest absolute Gasteiger partial charge is 0.245 e. The highest BCUT2D eigenvalue weighted by atomic mass is 35.5. The van der Waals surface area contributed by atoms with E-state index < -0.39 is 0 Å². The van der Waals surface area contributed by atoms with Crippen molar-refractivity contribution in [3.8, 4) is 11.3 Å². The number of aromatic nitrogens is 3. The lowest BCUT2D eigenvalue weighted by Gasteiger charge is -2.38. The minimum absolute atomic E-state index is 0.00247. The van der Waals surface area contributed by atoms with E-state index in [4.69, 9.17) is 26.3 Å². The number of fused-ring (bicyclic) bond motifs is 1. The first kappa shape index (κ1) is 24.0. The van der Waals surface area contributed by atoms with Gasteiger partial charge in [0.15, 0.2) is 5.90 Å². The summed E-state index contributed by atoms with van der Waals surface area (Å²) in [7, 11) is 0. The van der Waals surface area contributed by atoms with Crippen LogP contribution < -0.4 is 5.32 Å². The number of para-hydroxylation sites is 1. The highest BCUT2D eigenvalue weighted by Gasteiger charge is 2.44. The molecule has 2 aromatic heterocycles. The normalized spacial score (nSPS) is 24.2. The molecule has 8 nitrogen and oxygen atoms in total. The molecule has 1 aromatic carbocycles. The molecule has 0 bridgehead atoms. The number of carbonyl (C=O) groups excluding carboxylic acids is 1. The lowest BCUT2D eigenvalue weighted by molar-refractivity contribution is -0.127. The van der Waals surface area contributed by atoms with Crippen molar-refractivity contribution in [2.45, 2.75) is 50.2 Å². The van der Waals surface area contributed by atoms with Gasteiger partial charge in [0.25, 0.3) is 0 Å². The Bertz CT molecular complexity index is 1360.